The molecule has 0 saturated carbocycles. The Morgan fingerprint density at radius 2 is 0.778 bits per heavy atom. The molecule has 0 spiro atoms. The van der Waals surface area contributed by atoms with Gasteiger partial charge in [-0.1, -0.05) is 0 Å². The van der Waals surface area contributed by atoms with Gasteiger partial charge < -0.3 is 30.2 Å². The van der Waals surface area contributed by atoms with E-state index < -0.39 is 35.0 Å². The molecule has 3 radical (unpaired) electrons. The molecule has 0 aromatic heterocycles. The standard InChI is InChI=1S/C4H8BN2O2.C4H7BNO3.C4H6BO4/c1-6-3(8)5-4(9)7-2;1-6-3(7)5-4(8)9-2;1-8-3(6)5-4(7)9-2/h1-2H3,(H,6,8)(H,7,9);1-2H3,(H,6,7);1-2H3. The Morgan fingerprint density at radius 1 is 0.519 bits per heavy atom. The molecule has 0 aliphatic carbocycles. The van der Waals surface area contributed by atoms with Crippen LogP contribution in [-0.4, -0.2) is 99.3 Å². The number of nitrogens with one attached hydrogen (secondary N) is 3. The molecule has 0 rings (SSSR count). The summed E-state index contributed by atoms with van der Waals surface area (Å²) in [6.45, 7) is 0. The summed E-state index contributed by atoms with van der Waals surface area (Å²) in [5, 5.41) is 6.78. The van der Waals surface area contributed by atoms with Crippen molar-refractivity contribution in [3.8, 4) is 0 Å². The van der Waals surface area contributed by atoms with Gasteiger partial charge in [0.2, 0.25) is 0 Å². The second-order valence-corrected chi connectivity index (χ2v) is 3.85. The predicted octanol–water partition coefficient (Wildman–Crippen LogP) is -0.611. The van der Waals surface area contributed by atoms with E-state index in [4.69, 9.17) is 0 Å². The molecule has 27 heavy (non-hydrogen) atoms. The molecular weight excluding hydrogens is 363 g/mol. The van der Waals surface area contributed by atoms with E-state index in [2.05, 4.69) is 30.2 Å². The number of carbonyl (C=O) groups is 6. The van der Waals surface area contributed by atoms with E-state index in [-0.39, 0.29) is 0 Å². The maximum absolute atomic E-state index is 10.4. The highest BCUT2D eigenvalue weighted by Crippen LogP contribution is 1.79. The highest BCUT2D eigenvalue weighted by molar-refractivity contribution is 6.96. The summed E-state index contributed by atoms with van der Waals surface area (Å²) < 4.78 is 12.4. The largest absolute Gasteiger partial charge is 0.477 e. The first-order chi connectivity index (χ1) is 12.6. The number of hydrogen-bond acceptors (Lipinski definition) is 9. The lowest BCUT2D eigenvalue weighted by Crippen LogP contribution is -2.34. The Bertz CT molecular complexity index is 404. The van der Waals surface area contributed by atoms with Gasteiger partial charge in [-0.05, 0) is 0 Å². The van der Waals surface area contributed by atoms with Crippen LogP contribution in [-0.2, 0) is 14.2 Å². The fourth-order valence-corrected chi connectivity index (χ4v) is 0.716. The topological polar surface area (TPSA) is 166 Å². The third kappa shape index (κ3) is 23.0. The molecule has 0 aliphatic rings. The quantitative estimate of drug-likeness (QED) is 0.400. The monoisotopic (exact) mass is 384 g/mol. The number of ether oxygens (including phenoxy) is 3. The van der Waals surface area contributed by atoms with Gasteiger partial charge in [-0.3, -0.25) is 28.8 Å². The fraction of sp³-hybridized carbons (Fsp3) is 0.500. The lowest BCUT2D eigenvalue weighted by atomic mass is 9.76. The second kappa shape index (κ2) is 19.3. The van der Waals surface area contributed by atoms with E-state index in [9.17, 15) is 28.8 Å². The Labute approximate surface area is 159 Å². The molecule has 0 aliphatic heterocycles. The lowest BCUT2D eigenvalue weighted by molar-refractivity contribution is 0.189. The van der Waals surface area contributed by atoms with E-state index in [1.807, 2.05) is 0 Å². The van der Waals surface area contributed by atoms with Crippen LogP contribution in [0.15, 0.2) is 0 Å². The highest BCUT2D eigenvalue weighted by Gasteiger charge is 2.12. The van der Waals surface area contributed by atoms with Crippen molar-refractivity contribution in [1.29, 1.82) is 0 Å². The lowest BCUT2D eigenvalue weighted by Gasteiger charge is -1.94. The fourth-order valence-electron chi connectivity index (χ4n) is 0.716. The molecule has 0 heterocycles. The average Bonchev–Trinajstić information content (AvgIpc) is 2.67. The minimum absolute atomic E-state index is 0.394. The summed E-state index contributed by atoms with van der Waals surface area (Å²) in [6.07, 6.45) is 0. The van der Waals surface area contributed by atoms with Gasteiger partial charge in [0.05, 0.1) is 21.3 Å². The summed E-state index contributed by atoms with van der Waals surface area (Å²) in [7, 11) is 10.4. The number of carbonyl (C=O) groups excluding carboxylic acids is 6. The summed E-state index contributed by atoms with van der Waals surface area (Å²) in [4.78, 5) is 61.7. The molecule has 12 nitrogen and oxygen atoms in total. The summed E-state index contributed by atoms with van der Waals surface area (Å²) in [6, 6.07) is 0. The summed E-state index contributed by atoms with van der Waals surface area (Å²) in [5.74, 6) is -3.30. The van der Waals surface area contributed by atoms with Crippen LogP contribution in [0.4, 0.5) is 28.8 Å². The van der Waals surface area contributed by atoms with Crippen molar-refractivity contribution in [2.45, 2.75) is 0 Å². The molecule has 15 heteroatoms. The smallest absolute Gasteiger partial charge is 0.405 e. The van der Waals surface area contributed by atoms with Gasteiger partial charge in [0.25, 0.3) is 17.6 Å². The predicted molar refractivity (Wildman–Crippen MR) is 97.8 cm³/mol. The highest BCUT2D eigenvalue weighted by atomic mass is 16.5. The van der Waals surface area contributed by atoms with Gasteiger partial charge in [0.1, 0.15) is 0 Å². The van der Waals surface area contributed by atoms with E-state index in [0.29, 0.717) is 0 Å². The Hall–Kier alpha value is -2.99. The normalized spacial score (nSPS) is 7.78. The zero-order valence-corrected chi connectivity index (χ0v) is 15.9. The molecule has 3 N–H and O–H groups in total. The van der Waals surface area contributed by atoms with E-state index >= 15 is 0 Å². The van der Waals surface area contributed by atoms with Crippen molar-refractivity contribution >= 4 is 56.9 Å². The van der Waals surface area contributed by atoms with Crippen LogP contribution >= 0.6 is 0 Å². The van der Waals surface area contributed by atoms with Crippen LogP contribution < -0.4 is 16.0 Å². The first-order valence-electron chi connectivity index (χ1n) is 7.04. The van der Waals surface area contributed by atoms with E-state index in [1.165, 1.54) is 42.5 Å². The number of hydrogen-bond donors (Lipinski definition) is 3. The zero-order valence-electron chi connectivity index (χ0n) is 15.9. The molecule has 0 atom stereocenters. The van der Waals surface area contributed by atoms with Crippen LogP contribution in [0, 0.1) is 0 Å². The number of rotatable bonds is 6. The molecule has 0 fully saturated rings. The Kier molecular flexibility index (Phi) is 20.6. The average molecular weight is 384 g/mol. The maximum Gasteiger partial charge on any atom is 0.405 e. The van der Waals surface area contributed by atoms with Gasteiger partial charge in [-0.25, -0.2) is 0 Å². The minimum atomic E-state index is -0.707. The molecule has 147 valence electrons. The van der Waals surface area contributed by atoms with E-state index in [0.717, 1.165) is 21.8 Å². The van der Waals surface area contributed by atoms with Crippen molar-refractivity contribution < 1.29 is 43.0 Å². The molecule has 0 aromatic carbocycles. The molecule has 0 saturated heterocycles. The third-order valence-corrected chi connectivity index (χ3v) is 2.09. The van der Waals surface area contributed by atoms with Crippen molar-refractivity contribution in [2.75, 3.05) is 42.5 Å². The van der Waals surface area contributed by atoms with Crippen LogP contribution in [0.5, 0.6) is 0 Å². The summed E-state index contributed by atoms with van der Waals surface area (Å²) in [5.41, 5.74) is 0. The second-order valence-electron chi connectivity index (χ2n) is 3.85. The van der Waals surface area contributed by atoms with Gasteiger partial charge in [-0.15, -0.1) is 0 Å². The van der Waals surface area contributed by atoms with Crippen LogP contribution in [0.3, 0.4) is 0 Å². The molecule has 3 amide bonds. The van der Waals surface area contributed by atoms with Crippen molar-refractivity contribution in [1.82, 2.24) is 16.0 Å². The maximum atomic E-state index is 10.4. The number of methoxy groups -OCH3 is 3. The Balaban J connectivity index is -0.000000320. The minimum Gasteiger partial charge on any atom is -0.477 e. The molecule has 0 unspecified atom stereocenters. The van der Waals surface area contributed by atoms with E-state index in [1.54, 1.807) is 0 Å². The van der Waals surface area contributed by atoms with Crippen molar-refractivity contribution in [3.05, 3.63) is 0 Å². The zero-order chi connectivity index (χ0) is 21.8. The van der Waals surface area contributed by atoms with Crippen LogP contribution in [0.25, 0.3) is 0 Å². The van der Waals surface area contributed by atoms with Gasteiger partial charge in [0, 0.05) is 21.1 Å². The van der Waals surface area contributed by atoms with Gasteiger partial charge in [-0.2, -0.15) is 0 Å². The van der Waals surface area contributed by atoms with Crippen molar-refractivity contribution in [3.63, 3.8) is 0 Å². The number of amides is 3. The summed E-state index contributed by atoms with van der Waals surface area (Å²) >= 11 is 0. The molecule has 0 bridgehead atoms. The van der Waals surface area contributed by atoms with Gasteiger partial charge in [0.15, 0.2) is 17.4 Å². The van der Waals surface area contributed by atoms with Crippen molar-refractivity contribution in [2.24, 2.45) is 0 Å². The van der Waals surface area contributed by atoms with Crippen LogP contribution in [0.1, 0.15) is 0 Å². The first-order valence-corrected chi connectivity index (χ1v) is 7.04. The third-order valence-electron chi connectivity index (χ3n) is 2.09. The van der Waals surface area contributed by atoms with Crippen LogP contribution in [0.2, 0.25) is 0 Å². The Morgan fingerprint density at radius 3 is 1.04 bits per heavy atom. The molecular formula is C12H21B3N3O9. The van der Waals surface area contributed by atoms with Gasteiger partial charge >= 0.3 is 21.8 Å². The molecule has 0 aromatic rings. The first kappa shape index (κ1) is 28.8. The SMILES string of the molecule is CNC(=O)[B]C(=O)NC.CNC(=O)[B]C(=O)OC.COC(=O)[B]C(=O)OC.